The summed E-state index contributed by atoms with van der Waals surface area (Å²) in [4.78, 5) is 24.0. The van der Waals surface area contributed by atoms with Crippen LogP contribution >= 0.6 is 0 Å². The molecule has 2 saturated carbocycles. The molecule has 0 aliphatic heterocycles. The van der Waals surface area contributed by atoms with Gasteiger partial charge < -0.3 is 0 Å². The molecule has 0 aromatic heterocycles. The number of hydrogen-bond acceptors (Lipinski definition) is 2. The minimum atomic E-state index is -0.175. The van der Waals surface area contributed by atoms with Gasteiger partial charge in [-0.2, -0.15) is 0 Å². The summed E-state index contributed by atoms with van der Waals surface area (Å²) < 4.78 is 0. The van der Waals surface area contributed by atoms with Crippen LogP contribution in [0, 0.1) is 17.3 Å². The number of allylic oxidation sites excluding steroid dienone is 2. The smallest absolute Gasteiger partial charge is 0.161 e. The maximum atomic E-state index is 12.0. The summed E-state index contributed by atoms with van der Waals surface area (Å²) in [6.07, 6.45) is 3.49. The van der Waals surface area contributed by atoms with Gasteiger partial charge >= 0.3 is 0 Å². The number of carbonyl (C=O) groups is 2. The van der Waals surface area contributed by atoms with Crippen LogP contribution in [-0.2, 0) is 9.59 Å². The highest BCUT2D eigenvalue weighted by Gasteiger charge is 2.57. The zero-order valence-corrected chi connectivity index (χ0v) is 9.30. The molecule has 2 unspecified atom stereocenters. The molecule has 0 amide bonds. The van der Waals surface area contributed by atoms with Crippen molar-refractivity contribution in [2.75, 3.05) is 0 Å². The third-order valence-corrected chi connectivity index (χ3v) is 4.60. The standard InChI is InChI=1S/C13H16O2/c1-7-5-9-6-10(14)13(3-4-13)8(2)11(9)12(7)15/h7,9H,3-6H2,1-2H3. The lowest BCUT2D eigenvalue weighted by molar-refractivity contribution is -0.124. The highest BCUT2D eigenvalue weighted by Crippen LogP contribution is 2.59. The Hall–Kier alpha value is -0.920. The first kappa shape index (κ1) is 9.32. The van der Waals surface area contributed by atoms with E-state index in [0.29, 0.717) is 18.0 Å². The van der Waals surface area contributed by atoms with Gasteiger partial charge in [0, 0.05) is 12.3 Å². The van der Waals surface area contributed by atoms with E-state index in [1.165, 1.54) is 0 Å². The summed E-state index contributed by atoms with van der Waals surface area (Å²) >= 11 is 0. The maximum absolute atomic E-state index is 12.0. The van der Waals surface area contributed by atoms with Gasteiger partial charge in [0.1, 0.15) is 5.78 Å². The molecule has 3 rings (SSSR count). The van der Waals surface area contributed by atoms with Crippen molar-refractivity contribution in [2.45, 2.75) is 39.5 Å². The van der Waals surface area contributed by atoms with Crippen molar-refractivity contribution in [3.8, 4) is 0 Å². The van der Waals surface area contributed by atoms with Crippen LogP contribution in [0.3, 0.4) is 0 Å². The summed E-state index contributed by atoms with van der Waals surface area (Å²) in [7, 11) is 0. The van der Waals surface area contributed by atoms with Crippen molar-refractivity contribution in [3.63, 3.8) is 0 Å². The molecule has 15 heavy (non-hydrogen) atoms. The molecule has 3 aliphatic rings. The molecule has 2 atom stereocenters. The predicted octanol–water partition coefficient (Wildman–Crippen LogP) is 2.28. The number of ketones is 2. The Morgan fingerprint density at radius 3 is 2.53 bits per heavy atom. The lowest BCUT2D eigenvalue weighted by atomic mass is 9.75. The van der Waals surface area contributed by atoms with Crippen molar-refractivity contribution < 1.29 is 9.59 Å². The predicted molar refractivity (Wildman–Crippen MR) is 56.3 cm³/mol. The largest absolute Gasteiger partial charge is 0.299 e. The van der Waals surface area contributed by atoms with Gasteiger partial charge in [-0.3, -0.25) is 9.59 Å². The summed E-state index contributed by atoms with van der Waals surface area (Å²) in [5.74, 6) is 1.11. The molecular weight excluding hydrogens is 188 g/mol. The Labute approximate surface area is 89.7 Å². The van der Waals surface area contributed by atoms with E-state index in [1.807, 2.05) is 13.8 Å². The second kappa shape index (κ2) is 2.60. The van der Waals surface area contributed by atoms with E-state index in [2.05, 4.69) is 0 Å². The Morgan fingerprint density at radius 2 is 1.93 bits per heavy atom. The lowest BCUT2D eigenvalue weighted by Gasteiger charge is -2.27. The quantitative estimate of drug-likeness (QED) is 0.606. The van der Waals surface area contributed by atoms with Gasteiger partial charge in [0.05, 0.1) is 5.41 Å². The molecule has 0 saturated heterocycles. The van der Waals surface area contributed by atoms with E-state index >= 15 is 0 Å². The van der Waals surface area contributed by atoms with Crippen molar-refractivity contribution in [1.82, 2.24) is 0 Å². The van der Waals surface area contributed by atoms with Gasteiger partial charge in [0.25, 0.3) is 0 Å². The molecule has 0 N–H and O–H groups in total. The van der Waals surface area contributed by atoms with Crippen LogP contribution in [-0.4, -0.2) is 11.6 Å². The molecule has 0 bridgehead atoms. The van der Waals surface area contributed by atoms with Gasteiger partial charge in [-0.25, -0.2) is 0 Å². The maximum Gasteiger partial charge on any atom is 0.161 e. The summed E-state index contributed by atoms with van der Waals surface area (Å²) in [5.41, 5.74) is 1.98. The van der Waals surface area contributed by atoms with Crippen LogP contribution < -0.4 is 0 Å². The molecular formula is C13H16O2. The van der Waals surface area contributed by atoms with Gasteiger partial charge in [-0.15, -0.1) is 0 Å². The van der Waals surface area contributed by atoms with Crippen LogP contribution in [0.15, 0.2) is 11.1 Å². The first-order valence-electron chi connectivity index (χ1n) is 5.85. The van der Waals surface area contributed by atoms with Crippen molar-refractivity contribution in [3.05, 3.63) is 11.1 Å². The van der Waals surface area contributed by atoms with E-state index in [9.17, 15) is 9.59 Å². The van der Waals surface area contributed by atoms with Crippen LogP contribution in [0.25, 0.3) is 0 Å². The Kier molecular flexibility index (Phi) is 1.62. The highest BCUT2D eigenvalue weighted by molar-refractivity contribution is 6.05. The van der Waals surface area contributed by atoms with Gasteiger partial charge in [-0.1, -0.05) is 12.5 Å². The number of Topliss-reactive ketones (excluding diaryl/α,β-unsaturated/α-hetero) is 2. The third-order valence-electron chi connectivity index (χ3n) is 4.60. The summed E-state index contributed by atoms with van der Waals surface area (Å²) in [6, 6.07) is 0. The normalized spacial score (nSPS) is 37.5. The molecule has 2 fully saturated rings. The van der Waals surface area contributed by atoms with Gasteiger partial charge in [0.15, 0.2) is 5.78 Å². The molecule has 0 aromatic carbocycles. The fourth-order valence-corrected chi connectivity index (χ4v) is 3.46. The SMILES string of the molecule is CC1=C2C(=O)C(C)CC2CC(=O)C12CC2. The van der Waals surface area contributed by atoms with Crippen molar-refractivity contribution >= 4 is 11.6 Å². The monoisotopic (exact) mass is 204 g/mol. The molecule has 2 nitrogen and oxygen atoms in total. The summed E-state index contributed by atoms with van der Waals surface area (Å²) in [6.45, 7) is 4.01. The molecule has 0 aromatic rings. The summed E-state index contributed by atoms with van der Waals surface area (Å²) in [5, 5.41) is 0. The van der Waals surface area contributed by atoms with Crippen LogP contribution in [0.2, 0.25) is 0 Å². The topological polar surface area (TPSA) is 34.1 Å². The first-order chi connectivity index (χ1) is 7.06. The minimum absolute atomic E-state index is 0.140. The molecule has 0 radical (unpaired) electrons. The Balaban J connectivity index is 2.13. The molecule has 0 heterocycles. The third kappa shape index (κ3) is 1.000. The van der Waals surface area contributed by atoms with E-state index in [4.69, 9.17) is 0 Å². The second-order valence-electron chi connectivity index (χ2n) is 5.45. The molecule has 80 valence electrons. The van der Waals surface area contributed by atoms with Gasteiger partial charge in [-0.05, 0) is 37.7 Å². The zero-order chi connectivity index (χ0) is 10.8. The van der Waals surface area contributed by atoms with E-state index < -0.39 is 0 Å². The minimum Gasteiger partial charge on any atom is -0.299 e. The average Bonchev–Trinajstić information content (AvgIpc) is 2.91. The zero-order valence-electron chi connectivity index (χ0n) is 9.30. The van der Waals surface area contributed by atoms with E-state index in [1.54, 1.807) is 0 Å². The number of fused-ring (bicyclic) bond motifs is 1. The average molecular weight is 204 g/mol. The van der Waals surface area contributed by atoms with Crippen LogP contribution in [0.4, 0.5) is 0 Å². The number of hydrogen-bond donors (Lipinski definition) is 0. The highest BCUT2D eigenvalue weighted by atomic mass is 16.1. The van der Waals surface area contributed by atoms with Gasteiger partial charge in [0.2, 0.25) is 0 Å². The molecule has 2 heteroatoms. The lowest BCUT2D eigenvalue weighted by Crippen LogP contribution is -2.28. The fraction of sp³-hybridized carbons (Fsp3) is 0.692. The Bertz CT molecular complexity index is 399. The second-order valence-corrected chi connectivity index (χ2v) is 5.45. The number of rotatable bonds is 0. The van der Waals surface area contributed by atoms with Crippen molar-refractivity contribution in [2.24, 2.45) is 17.3 Å². The molecule has 1 spiro atoms. The van der Waals surface area contributed by atoms with Crippen molar-refractivity contribution in [1.29, 1.82) is 0 Å². The number of carbonyl (C=O) groups excluding carboxylic acids is 2. The van der Waals surface area contributed by atoms with Crippen LogP contribution in [0.5, 0.6) is 0 Å². The van der Waals surface area contributed by atoms with E-state index in [0.717, 1.165) is 30.4 Å². The fourth-order valence-electron chi connectivity index (χ4n) is 3.46. The first-order valence-corrected chi connectivity index (χ1v) is 5.85. The van der Waals surface area contributed by atoms with E-state index in [-0.39, 0.29) is 17.3 Å². The molecule has 3 aliphatic carbocycles. The Morgan fingerprint density at radius 1 is 1.27 bits per heavy atom. The van der Waals surface area contributed by atoms with Crippen LogP contribution in [0.1, 0.15) is 39.5 Å².